The van der Waals surface area contributed by atoms with Crippen molar-refractivity contribution in [3.8, 4) is 11.6 Å². The number of nitrogens with zero attached hydrogens (tertiary/aromatic N) is 3. The van der Waals surface area contributed by atoms with Crippen LogP contribution < -0.4 is 5.73 Å². The van der Waals surface area contributed by atoms with E-state index in [2.05, 4.69) is 19.9 Å². The third kappa shape index (κ3) is 6.94. The van der Waals surface area contributed by atoms with Gasteiger partial charge in [-0.1, -0.05) is 26.8 Å². The average molecular weight is 657 g/mol. The molecule has 17 heteroatoms. The van der Waals surface area contributed by atoms with Crippen LogP contribution in [0.3, 0.4) is 0 Å². The minimum atomic E-state index is -5.63. The summed E-state index contributed by atoms with van der Waals surface area (Å²) in [6.07, 6.45) is -6.25. The van der Waals surface area contributed by atoms with Gasteiger partial charge in [-0.3, -0.25) is 0 Å². The number of pyridine rings is 1. The molecular weight excluding hydrogens is 625 g/mol. The molecule has 9 nitrogen and oxygen atoms in total. The van der Waals surface area contributed by atoms with Gasteiger partial charge in [-0.15, -0.1) is 20.5 Å². The van der Waals surface area contributed by atoms with Gasteiger partial charge in [-0.25, -0.2) is 14.2 Å². The highest BCUT2D eigenvalue weighted by molar-refractivity contribution is 8.29. The van der Waals surface area contributed by atoms with Crippen molar-refractivity contribution in [3.05, 3.63) is 58.4 Å². The van der Waals surface area contributed by atoms with Crippen LogP contribution in [0.1, 0.15) is 60.3 Å². The van der Waals surface area contributed by atoms with E-state index < -0.39 is 80.0 Å². The van der Waals surface area contributed by atoms with Crippen molar-refractivity contribution in [2.24, 2.45) is 0 Å². The van der Waals surface area contributed by atoms with Crippen LogP contribution in [-0.4, -0.2) is 63.4 Å². The summed E-state index contributed by atoms with van der Waals surface area (Å²) >= 11 is 0. The first-order valence-electron chi connectivity index (χ1n) is 12.8. The van der Waals surface area contributed by atoms with Crippen LogP contribution in [0, 0.1) is 5.82 Å². The lowest BCUT2D eigenvalue weighted by molar-refractivity contribution is -0.256. The summed E-state index contributed by atoms with van der Waals surface area (Å²) in [5, 5.41) is 17.5. The largest absolute Gasteiger partial charge is 0.464 e. The standard InChI is InChI=1S/C27H31F7N4O5S/c1-24(2,3)44(5,6)42-11-7-8-14-9-10-17(28)15(12-14)25(40,27(32,33)34)23-38-37-21(43-23)20-18(35)13-16(26(29,30)31)19(36-20)22(39)41-4/h9-10,12-13,40H,7-8,11,35H2,1-6H3. The van der Waals surface area contributed by atoms with E-state index in [-0.39, 0.29) is 29.4 Å². The van der Waals surface area contributed by atoms with E-state index in [0.29, 0.717) is 6.42 Å². The Morgan fingerprint density at radius 2 is 1.68 bits per heavy atom. The summed E-state index contributed by atoms with van der Waals surface area (Å²) in [4.78, 5) is 15.4. The number of esters is 1. The van der Waals surface area contributed by atoms with Gasteiger partial charge >= 0.3 is 18.3 Å². The zero-order valence-corrected chi connectivity index (χ0v) is 25.3. The molecule has 0 spiro atoms. The van der Waals surface area contributed by atoms with E-state index >= 15 is 0 Å². The molecule has 244 valence electrons. The number of hydrogen-bond acceptors (Lipinski definition) is 9. The number of nitrogen functional groups attached to an aromatic ring is 1. The zero-order chi connectivity index (χ0) is 33.5. The first-order valence-corrected chi connectivity index (χ1v) is 15.2. The molecule has 3 aromatic rings. The molecule has 1 aromatic carbocycles. The Hall–Kier alpha value is -3.44. The Morgan fingerprint density at radius 1 is 1.05 bits per heavy atom. The predicted molar refractivity (Wildman–Crippen MR) is 147 cm³/mol. The van der Waals surface area contributed by atoms with E-state index in [4.69, 9.17) is 14.3 Å². The third-order valence-corrected chi connectivity index (χ3v) is 10.7. The van der Waals surface area contributed by atoms with Crippen LogP contribution in [0.2, 0.25) is 0 Å². The molecular formula is C27H31F7N4O5S. The molecule has 3 rings (SSSR count). The van der Waals surface area contributed by atoms with Crippen LogP contribution >= 0.6 is 10.3 Å². The topological polar surface area (TPSA) is 134 Å². The van der Waals surface area contributed by atoms with Crippen LogP contribution in [0.4, 0.5) is 36.4 Å². The number of rotatable bonds is 9. The van der Waals surface area contributed by atoms with E-state index in [0.717, 1.165) is 19.2 Å². The quantitative estimate of drug-likeness (QED) is 0.157. The third-order valence-electron chi connectivity index (χ3n) is 6.97. The summed E-state index contributed by atoms with van der Waals surface area (Å²) in [6.45, 7) is 6.35. The number of anilines is 1. The van der Waals surface area contributed by atoms with Gasteiger partial charge in [0.1, 0.15) is 5.82 Å². The van der Waals surface area contributed by atoms with Gasteiger partial charge in [-0.05, 0) is 49.1 Å². The van der Waals surface area contributed by atoms with Crippen molar-refractivity contribution >= 4 is 22.0 Å². The van der Waals surface area contributed by atoms with Gasteiger partial charge < -0.3 is 24.2 Å². The number of aromatic nitrogens is 3. The summed E-state index contributed by atoms with van der Waals surface area (Å²) in [7, 11) is -0.684. The van der Waals surface area contributed by atoms with Crippen molar-refractivity contribution in [1.82, 2.24) is 15.2 Å². The van der Waals surface area contributed by atoms with Gasteiger partial charge in [0.2, 0.25) is 0 Å². The number of carbonyl (C=O) groups excluding carboxylic acids is 1. The minimum Gasteiger partial charge on any atom is -0.464 e. The summed E-state index contributed by atoms with van der Waals surface area (Å²) in [5.74, 6) is -5.56. The summed E-state index contributed by atoms with van der Waals surface area (Å²) < 4.78 is 114. The Balaban J connectivity index is 2.02. The Labute approximate surface area is 249 Å². The van der Waals surface area contributed by atoms with Gasteiger partial charge in [0.15, 0.2) is 11.4 Å². The second kappa shape index (κ2) is 12.2. The highest BCUT2D eigenvalue weighted by Crippen LogP contribution is 2.53. The van der Waals surface area contributed by atoms with Crippen molar-refractivity contribution in [1.29, 1.82) is 0 Å². The molecule has 0 bridgehead atoms. The number of aryl methyl sites for hydroxylation is 1. The molecule has 0 aliphatic rings. The molecule has 0 amide bonds. The number of ether oxygens (including phenoxy) is 1. The number of aliphatic hydroxyl groups is 1. The van der Waals surface area contributed by atoms with Crippen molar-refractivity contribution in [3.63, 3.8) is 0 Å². The average Bonchev–Trinajstić information content (AvgIpc) is 3.39. The normalized spacial score (nSPS) is 14.8. The van der Waals surface area contributed by atoms with Crippen LogP contribution in [-0.2, 0) is 27.1 Å². The van der Waals surface area contributed by atoms with Crippen molar-refractivity contribution < 1.29 is 54.0 Å². The number of methoxy groups -OCH3 is 1. The number of hydrogen-bond donors (Lipinski definition) is 2. The number of carbonyl (C=O) groups is 1. The van der Waals surface area contributed by atoms with E-state index in [1.54, 1.807) is 0 Å². The van der Waals surface area contributed by atoms with Gasteiger partial charge in [-0.2, -0.15) is 26.3 Å². The summed E-state index contributed by atoms with van der Waals surface area (Å²) in [5.41, 5.74) is -4.09. The number of halogens is 7. The molecule has 44 heavy (non-hydrogen) atoms. The maximum absolute atomic E-state index is 14.9. The molecule has 0 saturated heterocycles. The van der Waals surface area contributed by atoms with Crippen LogP contribution in [0.5, 0.6) is 0 Å². The highest BCUT2D eigenvalue weighted by atomic mass is 32.3. The van der Waals surface area contributed by atoms with E-state index in [1.807, 2.05) is 33.3 Å². The Morgan fingerprint density at radius 3 is 2.23 bits per heavy atom. The second-order valence-electron chi connectivity index (χ2n) is 11.0. The van der Waals surface area contributed by atoms with Crippen LogP contribution in [0.25, 0.3) is 11.6 Å². The smallest absolute Gasteiger partial charge is 0.430 e. The lowest BCUT2D eigenvalue weighted by Gasteiger charge is -2.43. The number of nitrogens with two attached hydrogens (primary N) is 1. The summed E-state index contributed by atoms with van der Waals surface area (Å²) in [6, 6.07) is 3.07. The van der Waals surface area contributed by atoms with Gasteiger partial charge in [0, 0.05) is 10.3 Å². The van der Waals surface area contributed by atoms with Gasteiger partial charge in [0.05, 0.1) is 25.0 Å². The maximum atomic E-state index is 14.9. The SMILES string of the molecule is COC(=O)c1nc(-c2nnc(C(O)(c3cc(CCCOS(C)(C)C(C)(C)C)ccc3F)C(F)(F)F)o2)c(N)cc1C(F)(F)F. The number of benzene rings is 1. The number of alkyl halides is 6. The Bertz CT molecular complexity index is 1520. The fraction of sp³-hybridized carbons (Fsp3) is 0.481. The first-order chi connectivity index (χ1) is 20.0. The lowest BCUT2D eigenvalue weighted by Crippen LogP contribution is -2.44. The molecule has 1 unspecified atom stereocenters. The molecule has 2 aromatic heterocycles. The van der Waals surface area contributed by atoms with Crippen molar-refractivity contribution in [2.45, 2.75) is 56.3 Å². The molecule has 0 aliphatic carbocycles. The monoisotopic (exact) mass is 656 g/mol. The van der Waals surface area contributed by atoms with E-state index in [9.17, 15) is 40.6 Å². The molecule has 0 aliphatic heterocycles. The predicted octanol–water partition coefficient (Wildman–Crippen LogP) is 6.18. The van der Waals surface area contributed by atoms with Crippen LogP contribution in [0.15, 0.2) is 28.7 Å². The lowest BCUT2D eigenvalue weighted by atomic mass is 9.90. The maximum Gasteiger partial charge on any atom is 0.430 e. The molecule has 0 fully saturated rings. The molecule has 0 saturated carbocycles. The van der Waals surface area contributed by atoms with Gasteiger partial charge in [0.25, 0.3) is 17.4 Å². The van der Waals surface area contributed by atoms with Crippen molar-refractivity contribution in [2.75, 3.05) is 32.0 Å². The molecule has 2 heterocycles. The Kier molecular flexibility index (Phi) is 9.68. The first kappa shape index (κ1) is 35.0. The molecule has 0 radical (unpaired) electrons. The highest BCUT2D eigenvalue weighted by Gasteiger charge is 2.61. The zero-order valence-electron chi connectivity index (χ0n) is 24.5. The van der Waals surface area contributed by atoms with E-state index in [1.165, 1.54) is 6.07 Å². The molecule has 1 atom stereocenters. The minimum absolute atomic E-state index is 0.121. The molecule has 3 N–H and O–H groups in total. The fourth-order valence-electron chi connectivity index (χ4n) is 3.75. The fourth-order valence-corrected chi connectivity index (χ4v) is 4.64. The second-order valence-corrected chi connectivity index (χ2v) is 14.9.